The van der Waals surface area contributed by atoms with Crippen LogP contribution >= 0.6 is 12.4 Å². The highest BCUT2D eigenvalue weighted by molar-refractivity contribution is 5.93. The number of rotatable bonds is 3. The quantitative estimate of drug-likeness (QED) is 0.945. The van der Waals surface area contributed by atoms with Gasteiger partial charge >= 0.3 is 0 Å². The van der Waals surface area contributed by atoms with Crippen LogP contribution < -0.4 is 5.32 Å². The highest BCUT2D eigenvalue weighted by atomic mass is 35.5. The van der Waals surface area contributed by atoms with E-state index in [1.165, 1.54) is 42.4 Å². The number of halogens is 1. The molecule has 3 rings (SSSR count). The number of aromatic nitrogens is 1. The largest absolute Gasteiger partial charge is 0.348 e. The molecule has 0 fully saturated rings. The van der Waals surface area contributed by atoms with Gasteiger partial charge in [-0.1, -0.05) is 18.2 Å². The number of amides is 1. The van der Waals surface area contributed by atoms with Crippen molar-refractivity contribution in [1.82, 2.24) is 10.3 Å². The monoisotopic (exact) mass is 302 g/mol. The first-order chi connectivity index (χ1) is 9.83. The molecule has 0 spiro atoms. The van der Waals surface area contributed by atoms with Gasteiger partial charge in [0.15, 0.2) is 0 Å². The van der Waals surface area contributed by atoms with E-state index in [1.54, 1.807) is 24.5 Å². The third kappa shape index (κ3) is 3.82. The summed E-state index contributed by atoms with van der Waals surface area (Å²) in [6, 6.07) is 10.1. The van der Waals surface area contributed by atoms with E-state index >= 15 is 0 Å². The smallest absolute Gasteiger partial charge is 0.253 e. The van der Waals surface area contributed by atoms with Crippen LogP contribution in [0.1, 0.15) is 39.9 Å². The molecule has 0 saturated carbocycles. The summed E-state index contributed by atoms with van der Waals surface area (Å²) >= 11 is 0. The van der Waals surface area contributed by atoms with Crippen molar-refractivity contribution in [2.24, 2.45) is 0 Å². The fourth-order valence-corrected chi connectivity index (χ4v) is 2.68. The highest BCUT2D eigenvalue weighted by Gasteiger charge is 2.10. The van der Waals surface area contributed by atoms with E-state index in [9.17, 15) is 4.79 Å². The predicted molar refractivity (Wildman–Crippen MR) is 85.7 cm³/mol. The number of benzene rings is 1. The lowest BCUT2D eigenvalue weighted by Gasteiger charge is -2.16. The lowest BCUT2D eigenvalue weighted by Crippen LogP contribution is -2.23. The Bertz CT molecular complexity index is 613. The maximum absolute atomic E-state index is 12.0. The Balaban J connectivity index is 0.00000161. The maximum Gasteiger partial charge on any atom is 0.253 e. The molecule has 0 atom stereocenters. The number of pyridine rings is 1. The predicted octanol–water partition coefficient (Wildman–Crippen LogP) is 3.31. The average Bonchev–Trinajstić information content (AvgIpc) is 2.53. The topological polar surface area (TPSA) is 42.0 Å². The van der Waals surface area contributed by atoms with Crippen molar-refractivity contribution in [1.29, 1.82) is 0 Å². The van der Waals surface area contributed by atoms with Gasteiger partial charge in [-0.3, -0.25) is 9.78 Å². The van der Waals surface area contributed by atoms with Crippen molar-refractivity contribution in [3.63, 3.8) is 0 Å². The van der Waals surface area contributed by atoms with Crippen molar-refractivity contribution in [2.75, 3.05) is 0 Å². The number of carbonyl (C=O) groups excluding carboxylic acids is 1. The Kier molecular flexibility index (Phi) is 5.34. The molecule has 0 unspecified atom stereocenters. The van der Waals surface area contributed by atoms with E-state index in [1.807, 2.05) is 0 Å². The number of aryl methyl sites for hydroxylation is 2. The van der Waals surface area contributed by atoms with Crippen molar-refractivity contribution in [2.45, 2.75) is 32.2 Å². The van der Waals surface area contributed by atoms with Gasteiger partial charge in [-0.15, -0.1) is 12.4 Å². The molecule has 1 amide bonds. The molecule has 1 aromatic carbocycles. The number of nitrogens with zero attached hydrogens (tertiary/aromatic N) is 1. The van der Waals surface area contributed by atoms with Crippen LogP contribution in [-0.2, 0) is 19.4 Å². The van der Waals surface area contributed by atoms with Gasteiger partial charge in [0.1, 0.15) is 0 Å². The van der Waals surface area contributed by atoms with E-state index < -0.39 is 0 Å². The number of hydrogen-bond donors (Lipinski definition) is 1. The van der Waals surface area contributed by atoms with Crippen LogP contribution in [0.5, 0.6) is 0 Å². The van der Waals surface area contributed by atoms with Gasteiger partial charge in [-0.2, -0.15) is 0 Å². The van der Waals surface area contributed by atoms with Gasteiger partial charge < -0.3 is 5.32 Å². The second-order valence-electron chi connectivity index (χ2n) is 5.23. The molecule has 2 aromatic rings. The third-order valence-corrected chi connectivity index (χ3v) is 3.79. The van der Waals surface area contributed by atoms with Gasteiger partial charge in [0, 0.05) is 18.9 Å². The van der Waals surface area contributed by atoms with E-state index in [0.29, 0.717) is 12.1 Å². The Morgan fingerprint density at radius 1 is 1.14 bits per heavy atom. The van der Waals surface area contributed by atoms with Crippen LogP contribution in [0, 0.1) is 0 Å². The molecule has 1 aromatic heterocycles. The summed E-state index contributed by atoms with van der Waals surface area (Å²) in [4.78, 5) is 15.9. The van der Waals surface area contributed by atoms with Crippen molar-refractivity contribution >= 4 is 18.3 Å². The molecule has 4 heteroatoms. The van der Waals surface area contributed by atoms with Crippen LogP contribution in [0.4, 0.5) is 0 Å². The first-order valence-corrected chi connectivity index (χ1v) is 7.12. The second kappa shape index (κ2) is 7.23. The zero-order valence-corrected chi connectivity index (χ0v) is 12.7. The van der Waals surface area contributed by atoms with Crippen LogP contribution in [0.15, 0.2) is 42.7 Å². The zero-order valence-electron chi connectivity index (χ0n) is 11.8. The molecular formula is C17H19ClN2O. The summed E-state index contributed by atoms with van der Waals surface area (Å²) < 4.78 is 0. The molecule has 21 heavy (non-hydrogen) atoms. The number of nitrogens with one attached hydrogen (secondary N) is 1. The lowest BCUT2D eigenvalue weighted by atomic mass is 9.90. The Morgan fingerprint density at radius 3 is 2.71 bits per heavy atom. The Morgan fingerprint density at radius 2 is 1.95 bits per heavy atom. The standard InChI is InChI=1S/C17H18N2O.ClH/c20-17(16-6-3-9-18-12-16)19-11-13-7-8-14-4-1-2-5-15(14)10-13;/h3,6-10,12H,1-2,4-5,11H2,(H,19,20);1H. The van der Waals surface area contributed by atoms with Gasteiger partial charge in [0.25, 0.3) is 5.91 Å². The summed E-state index contributed by atoms with van der Waals surface area (Å²) in [6.45, 7) is 0.570. The summed E-state index contributed by atoms with van der Waals surface area (Å²) in [5, 5.41) is 2.94. The molecule has 1 aliphatic rings. The summed E-state index contributed by atoms with van der Waals surface area (Å²) in [6.07, 6.45) is 8.18. The zero-order chi connectivity index (χ0) is 13.8. The van der Waals surface area contributed by atoms with E-state index in [0.717, 1.165) is 0 Å². The van der Waals surface area contributed by atoms with Crippen molar-refractivity contribution in [3.8, 4) is 0 Å². The van der Waals surface area contributed by atoms with Crippen molar-refractivity contribution in [3.05, 3.63) is 65.0 Å². The average molecular weight is 303 g/mol. The first kappa shape index (κ1) is 15.5. The van der Waals surface area contributed by atoms with Gasteiger partial charge in [-0.25, -0.2) is 0 Å². The van der Waals surface area contributed by atoms with Crippen LogP contribution in [0.25, 0.3) is 0 Å². The van der Waals surface area contributed by atoms with Crippen LogP contribution in [-0.4, -0.2) is 10.9 Å². The minimum atomic E-state index is -0.0733. The third-order valence-electron chi connectivity index (χ3n) is 3.79. The van der Waals surface area contributed by atoms with Crippen molar-refractivity contribution < 1.29 is 4.79 Å². The molecular weight excluding hydrogens is 284 g/mol. The molecule has 1 heterocycles. The minimum Gasteiger partial charge on any atom is -0.348 e. The van der Waals surface area contributed by atoms with Gasteiger partial charge in [0.2, 0.25) is 0 Å². The maximum atomic E-state index is 12.0. The van der Waals surface area contributed by atoms with E-state index in [2.05, 4.69) is 28.5 Å². The molecule has 1 aliphatic carbocycles. The second-order valence-corrected chi connectivity index (χ2v) is 5.23. The molecule has 3 nitrogen and oxygen atoms in total. The molecule has 110 valence electrons. The normalized spacial score (nSPS) is 13.0. The summed E-state index contributed by atoms with van der Waals surface area (Å²) in [5.41, 5.74) is 4.69. The van der Waals surface area contributed by atoms with Gasteiger partial charge in [0.05, 0.1) is 5.56 Å². The van der Waals surface area contributed by atoms with Gasteiger partial charge in [-0.05, 0) is 54.5 Å². The fourth-order valence-electron chi connectivity index (χ4n) is 2.68. The summed E-state index contributed by atoms with van der Waals surface area (Å²) in [7, 11) is 0. The molecule has 0 aliphatic heterocycles. The molecule has 0 saturated heterocycles. The lowest BCUT2D eigenvalue weighted by molar-refractivity contribution is 0.0950. The van der Waals surface area contributed by atoms with E-state index in [-0.39, 0.29) is 18.3 Å². The Labute approximate surface area is 131 Å². The molecule has 0 radical (unpaired) electrons. The van der Waals surface area contributed by atoms with Crippen LogP contribution in [0.2, 0.25) is 0 Å². The summed E-state index contributed by atoms with van der Waals surface area (Å²) in [5.74, 6) is -0.0733. The van der Waals surface area contributed by atoms with Crippen LogP contribution in [0.3, 0.4) is 0 Å². The number of carbonyl (C=O) groups is 1. The minimum absolute atomic E-state index is 0. The SMILES string of the molecule is Cl.O=C(NCc1ccc2c(c1)CCCC2)c1cccnc1. The van der Waals surface area contributed by atoms with E-state index in [4.69, 9.17) is 0 Å². The fraction of sp³-hybridized carbons (Fsp3) is 0.294. The molecule has 0 bridgehead atoms. The number of hydrogen-bond acceptors (Lipinski definition) is 2. The number of fused-ring (bicyclic) bond motifs is 1. The Hall–Kier alpha value is -1.87. The first-order valence-electron chi connectivity index (χ1n) is 7.12. The highest BCUT2D eigenvalue weighted by Crippen LogP contribution is 2.22. The molecule has 1 N–H and O–H groups in total.